The van der Waals surface area contributed by atoms with Crippen LogP contribution >= 0.6 is 0 Å². The summed E-state index contributed by atoms with van der Waals surface area (Å²) >= 11 is 0. The number of ketones is 1. The van der Waals surface area contributed by atoms with Crippen LogP contribution < -0.4 is 5.32 Å². The molecule has 36 heavy (non-hydrogen) atoms. The van der Waals surface area contributed by atoms with Gasteiger partial charge in [-0.1, -0.05) is 13.8 Å². The first-order chi connectivity index (χ1) is 16.9. The zero-order valence-electron chi connectivity index (χ0n) is 23.7. The van der Waals surface area contributed by atoms with Crippen LogP contribution in [0.5, 0.6) is 0 Å². The molecule has 0 bridgehead atoms. The Balaban J connectivity index is 1.33. The fourth-order valence-corrected chi connectivity index (χ4v) is 9.23. The Hall–Kier alpha value is -1.43. The van der Waals surface area contributed by atoms with Crippen LogP contribution in [-0.4, -0.2) is 55.3 Å². The van der Waals surface area contributed by atoms with Crippen LogP contribution in [0.4, 0.5) is 0 Å². The zero-order valence-corrected chi connectivity index (χ0v) is 23.7. The van der Waals surface area contributed by atoms with Gasteiger partial charge in [0.15, 0.2) is 0 Å². The Labute approximate surface area is 218 Å². The van der Waals surface area contributed by atoms with Crippen molar-refractivity contribution in [2.75, 3.05) is 27.2 Å². The Morgan fingerprint density at radius 3 is 2.31 bits per heavy atom. The van der Waals surface area contributed by atoms with E-state index in [2.05, 4.69) is 26.1 Å². The standard InChI is InChI=1S/C30H50N2O4/c1-20(33)23-9-10-24-22-8-7-21-19-28(2,15-16-29(21,3)25(22)13-14-30(23,24)4)36-27(35)12-11-26(34)31-17-18-32(5)6/h21-25H,7-19H2,1-6H3,(H,31,34)/t21-,22-,23+,24-,25-,28+,29-,30+/m0/s1. The number of Topliss-reactive ketones (excluding diaryl/α,β-unsaturated/α-hetero) is 1. The number of carbonyl (C=O) groups is 3. The van der Waals surface area contributed by atoms with Gasteiger partial charge >= 0.3 is 5.97 Å². The van der Waals surface area contributed by atoms with E-state index in [1.165, 1.54) is 32.1 Å². The van der Waals surface area contributed by atoms with Gasteiger partial charge < -0.3 is 15.0 Å². The predicted molar refractivity (Wildman–Crippen MR) is 141 cm³/mol. The first-order valence-electron chi connectivity index (χ1n) is 14.5. The molecule has 4 saturated carbocycles. The Bertz CT molecular complexity index is 858. The Morgan fingerprint density at radius 2 is 1.61 bits per heavy atom. The van der Waals surface area contributed by atoms with E-state index in [1.54, 1.807) is 0 Å². The molecule has 0 radical (unpaired) electrons. The van der Waals surface area contributed by atoms with E-state index in [1.807, 2.05) is 25.9 Å². The Kier molecular flexibility index (Phi) is 7.96. The molecule has 204 valence electrons. The van der Waals surface area contributed by atoms with E-state index in [0.29, 0.717) is 29.6 Å². The van der Waals surface area contributed by atoms with Crippen molar-refractivity contribution < 1.29 is 19.1 Å². The van der Waals surface area contributed by atoms with Crippen LogP contribution in [0.2, 0.25) is 0 Å². The summed E-state index contributed by atoms with van der Waals surface area (Å²) in [5.41, 5.74) is 0.0796. The lowest BCUT2D eigenvalue weighted by atomic mass is 9.44. The molecule has 0 spiro atoms. The van der Waals surface area contributed by atoms with E-state index < -0.39 is 5.60 Å². The van der Waals surface area contributed by atoms with E-state index in [9.17, 15) is 14.4 Å². The lowest BCUT2D eigenvalue weighted by Crippen LogP contribution is -2.56. The largest absolute Gasteiger partial charge is 0.459 e. The number of rotatable bonds is 8. The van der Waals surface area contributed by atoms with Gasteiger partial charge in [-0.2, -0.15) is 0 Å². The number of fused-ring (bicyclic) bond motifs is 5. The molecule has 4 rings (SSSR count). The zero-order chi connectivity index (χ0) is 26.3. The van der Waals surface area contributed by atoms with E-state index in [0.717, 1.165) is 44.1 Å². The van der Waals surface area contributed by atoms with Gasteiger partial charge in [0.05, 0.1) is 6.42 Å². The molecule has 0 aliphatic heterocycles. The second-order valence-corrected chi connectivity index (χ2v) is 13.7. The lowest BCUT2D eigenvalue weighted by molar-refractivity contribution is -0.181. The van der Waals surface area contributed by atoms with Crippen molar-refractivity contribution >= 4 is 17.7 Å². The van der Waals surface area contributed by atoms with E-state index in [-0.39, 0.29) is 36.1 Å². The third-order valence-electron chi connectivity index (χ3n) is 11.2. The Morgan fingerprint density at radius 1 is 0.889 bits per heavy atom. The molecule has 0 aromatic carbocycles. The summed E-state index contributed by atoms with van der Waals surface area (Å²) in [4.78, 5) is 39.2. The van der Waals surface area contributed by atoms with Crippen molar-refractivity contribution in [3.05, 3.63) is 0 Å². The van der Waals surface area contributed by atoms with Gasteiger partial charge in [0, 0.05) is 25.4 Å². The molecule has 4 aliphatic rings. The third kappa shape index (κ3) is 5.26. The topological polar surface area (TPSA) is 75.7 Å². The maximum absolute atomic E-state index is 12.7. The summed E-state index contributed by atoms with van der Waals surface area (Å²) in [6.07, 6.45) is 10.5. The minimum absolute atomic E-state index is 0.0864. The van der Waals surface area contributed by atoms with Crippen LogP contribution in [0.1, 0.15) is 98.3 Å². The summed E-state index contributed by atoms with van der Waals surface area (Å²) in [7, 11) is 3.94. The van der Waals surface area contributed by atoms with Crippen LogP contribution in [-0.2, 0) is 19.1 Å². The van der Waals surface area contributed by atoms with Crippen molar-refractivity contribution in [3.63, 3.8) is 0 Å². The second-order valence-electron chi connectivity index (χ2n) is 13.7. The molecule has 8 atom stereocenters. The predicted octanol–water partition coefficient (Wildman–Crippen LogP) is 4.99. The summed E-state index contributed by atoms with van der Waals surface area (Å²) in [5, 5.41) is 2.87. The number of amides is 1. The van der Waals surface area contributed by atoms with Gasteiger partial charge in [0.1, 0.15) is 11.4 Å². The highest BCUT2D eigenvalue weighted by molar-refractivity contribution is 5.81. The summed E-state index contributed by atoms with van der Waals surface area (Å²) in [5.74, 6) is 3.08. The minimum Gasteiger partial charge on any atom is -0.459 e. The number of esters is 1. The number of ether oxygens (including phenoxy) is 1. The third-order valence-corrected chi connectivity index (χ3v) is 11.2. The average molecular weight is 503 g/mol. The minimum atomic E-state index is -0.425. The SMILES string of the molecule is CC(=O)[C@H]1CC[C@H]2[C@@H]3CC[C@H]4C[C@](C)(OC(=O)CCC(=O)NCCN(C)C)CC[C@]4(C)[C@H]3CC[C@]12C. The quantitative estimate of drug-likeness (QED) is 0.473. The van der Waals surface area contributed by atoms with Gasteiger partial charge in [-0.3, -0.25) is 14.4 Å². The van der Waals surface area contributed by atoms with Crippen molar-refractivity contribution in [2.24, 2.45) is 40.4 Å². The number of nitrogens with one attached hydrogen (secondary N) is 1. The highest BCUT2D eigenvalue weighted by Crippen LogP contribution is 2.68. The number of hydrogen-bond acceptors (Lipinski definition) is 5. The number of carbonyl (C=O) groups excluding carboxylic acids is 3. The summed E-state index contributed by atoms with van der Waals surface area (Å²) < 4.78 is 6.06. The molecule has 1 N–H and O–H groups in total. The van der Waals surface area contributed by atoms with Crippen LogP contribution in [0.3, 0.4) is 0 Å². The molecule has 0 unspecified atom stereocenters. The van der Waals surface area contributed by atoms with Crippen molar-refractivity contribution in [1.82, 2.24) is 10.2 Å². The number of hydrogen-bond donors (Lipinski definition) is 1. The molecule has 0 aromatic heterocycles. The molecule has 6 nitrogen and oxygen atoms in total. The fourth-order valence-electron chi connectivity index (χ4n) is 9.23. The molecule has 0 heterocycles. The lowest BCUT2D eigenvalue weighted by Gasteiger charge is -2.62. The number of nitrogens with zero attached hydrogens (tertiary/aromatic N) is 1. The van der Waals surface area contributed by atoms with E-state index in [4.69, 9.17) is 4.74 Å². The fraction of sp³-hybridized carbons (Fsp3) is 0.900. The first kappa shape index (κ1) is 27.6. The van der Waals surface area contributed by atoms with Crippen LogP contribution in [0.15, 0.2) is 0 Å². The monoisotopic (exact) mass is 502 g/mol. The normalized spacial score (nSPS) is 41.7. The van der Waals surface area contributed by atoms with Gasteiger partial charge in [-0.15, -0.1) is 0 Å². The van der Waals surface area contributed by atoms with Crippen molar-refractivity contribution in [2.45, 2.75) is 104 Å². The average Bonchev–Trinajstić information content (AvgIpc) is 3.15. The molecule has 0 aromatic rings. The van der Waals surface area contributed by atoms with Gasteiger partial charge in [0.2, 0.25) is 5.91 Å². The molecule has 6 heteroatoms. The maximum atomic E-state index is 12.7. The van der Waals surface area contributed by atoms with Crippen molar-refractivity contribution in [3.8, 4) is 0 Å². The molecule has 0 saturated heterocycles. The number of likely N-dealkylation sites (N-methyl/N-ethyl adjacent to an activating group) is 1. The molecule has 4 aliphatic carbocycles. The molecular formula is C30H50N2O4. The summed E-state index contributed by atoms with van der Waals surface area (Å²) in [6.45, 7) is 10.2. The highest BCUT2D eigenvalue weighted by Gasteiger charge is 2.61. The molecule has 1 amide bonds. The van der Waals surface area contributed by atoms with Crippen LogP contribution in [0, 0.1) is 40.4 Å². The second kappa shape index (κ2) is 10.4. The summed E-state index contributed by atoms with van der Waals surface area (Å²) in [6, 6.07) is 0. The molecule has 4 fully saturated rings. The van der Waals surface area contributed by atoms with Gasteiger partial charge in [-0.05, 0) is 120 Å². The van der Waals surface area contributed by atoms with Gasteiger partial charge in [0.25, 0.3) is 0 Å². The van der Waals surface area contributed by atoms with Gasteiger partial charge in [-0.25, -0.2) is 0 Å². The molecular weight excluding hydrogens is 452 g/mol. The highest BCUT2D eigenvalue weighted by atomic mass is 16.6. The first-order valence-corrected chi connectivity index (χ1v) is 14.5. The smallest absolute Gasteiger partial charge is 0.306 e. The maximum Gasteiger partial charge on any atom is 0.306 e. The van der Waals surface area contributed by atoms with Crippen LogP contribution in [0.25, 0.3) is 0 Å². The van der Waals surface area contributed by atoms with Crippen molar-refractivity contribution in [1.29, 1.82) is 0 Å². The van der Waals surface area contributed by atoms with E-state index >= 15 is 0 Å².